The summed E-state index contributed by atoms with van der Waals surface area (Å²) in [7, 11) is 0. The summed E-state index contributed by atoms with van der Waals surface area (Å²) < 4.78 is 30.5. The molecule has 2 fully saturated rings. The molecule has 150 valence electrons. The highest BCUT2D eigenvalue weighted by atomic mass is 19.1. The van der Waals surface area contributed by atoms with Crippen LogP contribution in [0.4, 0.5) is 9.18 Å². The van der Waals surface area contributed by atoms with Crippen LogP contribution in [0.3, 0.4) is 0 Å². The third-order valence-electron chi connectivity index (χ3n) is 5.44. The Morgan fingerprint density at radius 2 is 1.96 bits per heavy atom. The van der Waals surface area contributed by atoms with E-state index in [1.165, 1.54) is 12.1 Å². The fourth-order valence-corrected chi connectivity index (χ4v) is 4.19. The number of hydrogen-bond donors (Lipinski definition) is 1. The monoisotopic (exact) mass is 379 g/mol. The fourth-order valence-electron chi connectivity index (χ4n) is 4.19. The molecule has 0 bridgehead atoms. The van der Waals surface area contributed by atoms with E-state index in [-0.39, 0.29) is 16.8 Å². The topological polar surface area (TPSA) is 56.8 Å². The van der Waals surface area contributed by atoms with Crippen LogP contribution in [-0.4, -0.2) is 43.7 Å². The Labute approximate surface area is 160 Å². The number of rotatable bonds is 4. The SMILES string of the molecule is CC(C)(C)OC(=O)NCC[C@@]1(c2ccc(F)cc2)CCO[C@]2(CCOC2)C1. The highest BCUT2D eigenvalue weighted by Crippen LogP contribution is 2.46. The van der Waals surface area contributed by atoms with E-state index in [9.17, 15) is 9.18 Å². The van der Waals surface area contributed by atoms with Crippen LogP contribution in [0.15, 0.2) is 24.3 Å². The molecule has 2 atom stereocenters. The average Bonchev–Trinajstić information content (AvgIpc) is 3.01. The van der Waals surface area contributed by atoms with E-state index in [4.69, 9.17) is 14.2 Å². The molecule has 2 saturated heterocycles. The van der Waals surface area contributed by atoms with Crippen molar-refractivity contribution < 1.29 is 23.4 Å². The van der Waals surface area contributed by atoms with Gasteiger partial charge >= 0.3 is 6.09 Å². The molecule has 0 saturated carbocycles. The summed E-state index contributed by atoms with van der Waals surface area (Å²) in [6.07, 6.45) is 2.83. The number of hydrogen-bond acceptors (Lipinski definition) is 4. The van der Waals surface area contributed by atoms with Gasteiger partial charge in [-0.15, -0.1) is 0 Å². The van der Waals surface area contributed by atoms with Crippen molar-refractivity contribution >= 4 is 6.09 Å². The number of halogens is 1. The molecule has 0 aliphatic carbocycles. The molecule has 2 aliphatic rings. The predicted molar refractivity (Wildman–Crippen MR) is 100 cm³/mol. The maximum absolute atomic E-state index is 13.5. The molecule has 1 aromatic rings. The van der Waals surface area contributed by atoms with Gasteiger partial charge in [0, 0.05) is 31.6 Å². The molecule has 1 aromatic carbocycles. The minimum absolute atomic E-state index is 0.186. The van der Waals surface area contributed by atoms with Crippen LogP contribution in [0.1, 0.15) is 52.0 Å². The first-order valence-corrected chi connectivity index (χ1v) is 9.67. The van der Waals surface area contributed by atoms with Crippen LogP contribution >= 0.6 is 0 Å². The molecule has 1 spiro atoms. The second-order valence-electron chi connectivity index (χ2n) is 8.73. The van der Waals surface area contributed by atoms with Crippen LogP contribution in [-0.2, 0) is 19.6 Å². The van der Waals surface area contributed by atoms with Gasteiger partial charge in [-0.2, -0.15) is 0 Å². The van der Waals surface area contributed by atoms with Crippen molar-refractivity contribution in [2.24, 2.45) is 0 Å². The molecule has 6 heteroatoms. The number of ether oxygens (including phenoxy) is 3. The molecular weight excluding hydrogens is 349 g/mol. The first-order chi connectivity index (χ1) is 12.7. The Kier molecular flexibility index (Phi) is 5.77. The van der Waals surface area contributed by atoms with E-state index in [2.05, 4.69) is 5.32 Å². The second-order valence-corrected chi connectivity index (χ2v) is 8.73. The highest BCUT2D eigenvalue weighted by molar-refractivity contribution is 5.67. The first-order valence-electron chi connectivity index (χ1n) is 9.67. The van der Waals surface area contributed by atoms with Crippen molar-refractivity contribution in [1.29, 1.82) is 0 Å². The van der Waals surface area contributed by atoms with E-state index >= 15 is 0 Å². The Hall–Kier alpha value is -1.66. The molecule has 0 radical (unpaired) electrons. The second kappa shape index (κ2) is 7.76. The zero-order valence-corrected chi connectivity index (χ0v) is 16.5. The van der Waals surface area contributed by atoms with Crippen LogP contribution in [0.2, 0.25) is 0 Å². The van der Waals surface area contributed by atoms with Crippen molar-refractivity contribution in [2.75, 3.05) is 26.4 Å². The number of carbonyl (C=O) groups is 1. The smallest absolute Gasteiger partial charge is 0.407 e. The molecule has 27 heavy (non-hydrogen) atoms. The number of amides is 1. The summed E-state index contributed by atoms with van der Waals surface area (Å²) >= 11 is 0. The normalized spacial score (nSPS) is 28.3. The molecule has 2 heterocycles. The van der Waals surface area contributed by atoms with Crippen LogP contribution in [0.5, 0.6) is 0 Å². The molecule has 2 aliphatic heterocycles. The van der Waals surface area contributed by atoms with Crippen LogP contribution < -0.4 is 5.32 Å². The predicted octanol–water partition coefficient (Wildman–Crippen LogP) is 3.95. The maximum Gasteiger partial charge on any atom is 0.407 e. The summed E-state index contributed by atoms with van der Waals surface area (Å²) in [4.78, 5) is 12.0. The molecule has 1 amide bonds. The number of alkyl carbamates (subject to hydrolysis) is 1. The first kappa shape index (κ1) is 20.1. The molecule has 0 aromatic heterocycles. The van der Waals surface area contributed by atoms with E-state index in [1.807, 2.05) is 32.9 Å². The number of benzene rings is 1. The average molecular weight is 379 g/mol. The van der Waals surface area contributed by atoms with Crippen LogP contribution in [0.25, 0.3) is 0 Å². The minimum Gasteiger partial charge on any atom is -0.444 e. The van der Waals surface area contributed by atoms with Gasteiger partial charge in [-0.05, 0) is 57.7 Å². The van der Waals surface area contributed by atoms with Gasteiger partial charge in [-0.1, -0.05) is 12.1 Å². The summed E-state index contributed by atoms with van der Waals surface area (Å²) in [6.45, 7) is 7.94. The standard InChI is InChI=1S/C21H30FNO4/c1-19(2,3)27-18(24)23-11-8-20(16-4-6-17(22)7-5-16)9-13-26-21(14-20)10-12-25-15-21/h4-7H,8-15H2,1-3H3,(H,23,24)/t20-,21-/m1/s1. The molecular formula is C21H30FNO4. The largest absolute Gasteiger partial charge is 0.444 e. The van der Waals surface area contributed by atoms with E-state index in [0.717, 1.165) is 31.2 Å². The summed E-state index contributed by atoms with van der Waals surface area (Å²) in [6, 6.07) is 6.73. The van der Waals surface area contributed by atoms with Crippen molar-refractivity contribution in [3.8, 4) is 0 Å². The van der Waals surface area contributed by atoms with E-state index in [1.54, 1.807) is 0 Å². The third kappa shape index (κ3) is 4.99. The van der Waals surface area contributed by atoms with E-state index in [0.29, 0.717) is 26.4 Å². The highest BCUT2D eigenvalue weighted by Gasteiger charge is 2.48. The van der Waals surface area contributed by atoms with Gasteiger partial charge in [0.15, 0.2) is 0 Å². The molecule has 1 N–H and O–H groups in total. The fraction of sp³-hybridized carbons (Fsp3) is 0.667. The van der Waals surface area contributed by atoms with Crippen molar-refractivity contribution in [3.63, 3.8) is 0 Å². The van der Waals surface area contributed by atoms with Gasteiger partial charge in [0.25, 0.3) is 0 Å². The number of carbonyl (C=O) groups excluding carboxylic acids is 1. The minimum atomic E-state index is -0.525. The zero-order valence-electron chi connectivity index (χ0n) is 16.5. The van der Waals surface area contributed by atoms with Crippen molar-refractivity contribution in [2.45, 2.75) is 63.1 Å². The van der Waals surface area contributed by atoms with Gasteiger partial charge < -0.3 is 19.5 Å². The van der Waals surface area contributed by atoms with Gasteiger partial charge in [0.05, 0.1) is 12.2 Å². The van der Waals surface area contributed by atoms with Gasteiger partial charge in [-0.3, -0.25) is 0 Å². The van der Waals surface area contributed by atoms with Crippen molar-refractivity contribution in [3.05, 3.63) is 35.6 Å². The lowest BCUT2D eigenvalue weighted by Crippen LogP contribution is -2.49. The Morgan fingerprint density at radius 3 is 2.59 bits per heavy atom. The summed E-state index contributed by atoms with van der Waals surface area (Å²) in [5.74, 6) is -0.244. The quantitative estimate of drug-likeness (QED) is 0.861. The van der Waals surface area contributed by atoms with Gasteiger partial charge in [-0.25, -0.2) is 9.18 Å². The third-order valence-corrected chi connectivity index (χ3v) is 5.44. The Morgan fingerprint density at radius 1 is 1.22 bits per heavy atom. The molecule has 3 rings (SSSR count). The zero-order chi connectivity index (χ0) is 19.5. The van der Waals surface area contributed by atoms with Gasteiger partial charge in [0.2, 0.25) is 0 Å². The maximum atomic E-state index is 13.5. The summed E-state index contributed by atoms with van der Waals surface area (Å²) in [5, 5.41) is 2.86. The van der Waals surface area contributed by atoms with E-state index < -0.39 is 11.7 Å². The van der Waals surface area contributed by atoms with Gasteiger partial charge in [0.1, 0.15) is 11.4 Å². The molecule has 0 unspecified atom stereocenters. The Bertz CT molecular complexity index is 649. The molecule has 5 nitrogen and oxygen atoms in total. The lowest BCUT2D eigenvalue weighted by Gasteiger charge is -2.46. The number of nitrogens with one attached hydrogen (secondary N) is 1. The lowest BCUT2D eigenvalue weighted by atomic mass is 9.66. The Balaban J connectivity index is 1.74. The van der Waals surface area contributed by atoms with Crippen LogP contribution in [0, 0.1) is 5.82 Å². The van der Waals surface area contributed by atoms with Crippen molar-refractivity contribution in [1.82, 2.24) is 5.32 Å². The lowest BCUT2D eigenvalue weighted by molar-refractivity contribution is -0.108. The summed E-state index contributed by atoms with van der Waals surface area (Å²) in [5.41, 5.74) is 0.0973.